The molecule has 0 spiro atoms. The van der Waals surface area contributed by atoms with Gasteiger partial charge >= 0.3 is 7.12 Å². The van der Waals surface area contributed by atoms with Crippen molar-refractivity contribution in [2.75, 3.05) is 0 Å². The molecule has 2 rings (SSSR count). The first-order valence-electron chi connectivity index (χ1n) is 7.21. The van der Waals surface area contributed by atoms with E-state index in [-0.39, 0.29) is 5.92 Å². The summed E-state index contributed by atoms with van der Waals surface area (Å²) in [4.78, 5) is 0. The summed E-state index contributed by atoms with van der Waals surface area (Å²) in [6.45, 7) is 11.8. The highest BCUT2D eigenvalue weighted by Gasteiger charge is 2.59. The van der Waals surface area contributed by atoms with Gasteiger partial charge in [0.25, 0.3) is 0 Å². The fourth-order valence-electron chi connectivity index (χ4n) is 2.36. The van der Waals surface area contributed by atoms with E-state index in [1.54, 1.807) is 6.92 Å². The smallest absolute Gasteiger partial charge is 0.401 e. The minimum atomic E-state index is -1.09. The standard InChI is InChI=1S/C16H25BO3/c1-12(13-10-8-7-9-11-13)16(6,18)17-19-14(2,3)15(4,5)20-17/h7-12,18H,1-6H3/t12-,16+/m0/s1. The zero-order valence-corrected chi connectivity index (χ0v) is 13.3. The molecule has 0 saturated carbocycles. The summed E-state index contributed by atoms with van der Waals surface area (Å²) < 4.78 is 12.0. The Kier molecular flexibility index (Phi) is 3.78. The monoisotopic (exact) mass is 276 g/mol. The molecule has 1 aromatic rings. The minimum absolute atomic E-state index is 0.0848. The van der Waals surface area contributed by atoms with Gasteiger partial charge in [0.2, 0.25) is 0 Å². The van der Waals surface area contributed by atoms with Crippen molar-refractivity contribution in [2.24, 2.45) is 0 Å². The molecule has 0 radical (unpaired) electrons. The van der Waals surface area contributed by atoms with E-state index in [2.05, 4.69) is 0 Å². The fourth-order valence-corrected chi connectivity index (χ4v) is 2.36. The fraction of sp³-hybridized carbons (Fsp3) is 0.625. The summed E-state index contributed by atoms with van der Waals surface area (Å²) in [6.07, 6.45) is 0. The normalized spacial score (nSPS) is 25.2. The summed E-state index contributed by atoms with van der Waals surface area (Å²) in [5.41, 5.74) is -0.880. The average Bonchev–Trinajstić information content (AvgIpc) is 2.59. The molecule has 2 atom stereocenters. The van der Waals surface area contributed by atoms with Crippen molar-refractivity contribution in [3.63, 3.8) is 0 Å². The van der Waals surface area contributed by atoms with Gasteiger partial charge in [-0.2, -0.15) is 0 Å². The third kappa shape index (κ3) is 2.52. The van der Waals surface area contributed by atoms with Gasteiger partial charge in [-0.3, -0.25) is 0 Å². The number of hydrogen-bond donors (Lipinski definition) is 1. The van der Waals surface area contributed by atoms with Crippen LogP contribution in [0.4, 0.5) is 0 Å². The highest BCUT2D eigenvalue weighted by Crippen LogP contribution is 2.42. The maximum atomic E-state index is 11.0. The van der Waals surface area contributed by atoms with Crippen LogP contribution < -0.4 is 0 Å². The SMILES string of the molecule is C[C@@H](c1ccccc1)[C@@](C)(O)B1OC(C)(C)C(C)(C)O1. The lowest BCUT2D eigenvalue weighted by Gasteiger charge is -2.32. The molecule has 1 aliphatic rings. The maximum absolute atomic E-state index is 11.0. The zero-order valence-electron chi connectivity index (χ0n) is 13.3. The molecule has 110 valence electrons. The minimum Gasteiger partial charge on any atom is -0.401 e. The third-order valence-corrected chi connectivity index (χ3v) is 4.91. The van der Waals surface area contributed by atoms with Gasteiger partial charge in [-0.25, -0.2) is 0 Å². The second-order valence-electron chi connectivity index (χ2n) is 6.95. The van der Waals surface area contributed by atoms with Crippen molar-refractivity contribution < 1.29 is 14.4 Å². The van der Waals surface area contributed by atoms with Crippen LogP contribution in [0.3, 0.4) is 0 Å². The third-order valence-electron chi connectivity index (χ3n) is 4.91. The summed E-state index contributed by atoms with van der Waals surface area (Å²) in [6, 6.07) is 9.97. The lowest BCUT2D eigenvalue weighted by Crippen LogP contribution is -2.49. The first-order valence-corrected chi connectivity index (χ1v) is 7.21. The van der Waals surface area contributed by atoms with E-state index in [1.165, 1.54) is 0 Å². The summed E-state index contributed by atoms with van der Waals surface area (Å²) in [5.74, 6) is -0.0848. The van der Waals surface area contributed by atoms with Crippen LogP contribution in [0.1, 0.15) is 53.0 Å². The molecule has 4 heteroatoms. The van der Waals surface area contributed by atoms with Gasteiger partial charge in [-0.1, -0.05) is 37.3 Å². The average molecular weight is 276 g/mol. The molecule has 0 bridgehead atoms. The van der Waals surface area contributed by atoms with Crippen molar-refractivity contribution in [3.05, 3.63) is 35.9 Å². The van der Waals surface area contributed by atoms with Crippen molar-refractivity contribution in [3.8, 4) is 0 Å². The lowest BCUT2D eigenvalue weighted by molar-refractivity contribution is 0.00578. The molecule has 0 unspecified atom stereocenters. The first kappa shape index (κ1) is 15.6. The van der Waals surface area contributed by atoms with Crippen molar-refractivity contribution >= 4 is 7.12 Å². The molecule has 0 aromatic heterocycles. The largest absolute Gasteiger partial charge is 0.492 e. The highest BCUT2D eigenvalue weighted by atomic mass is 16.7. The molecule has 20 heavy (non-hydrogen) atoms. The summed E-state index contributed by atoms with van der Waals surface area (Å²) in [5, 5.41) is 11.0. The van der Waals surface area contributed by atoms with Crippen molar-refractivity contribution in [1.29, 1.82) is 0 Å². The number of aliphatic hydroxyl groups is 1. The molecular weight excluding hydrogens is 251 g/mol. The Hall–Kier alpha value is -0.835. The Morgan fingerprint density at radius 1 is 1.05 bits per heavy atom. The summed E-state index contributed by atoms with van der Waals surface area (Å²) >= 11 is 0. The van der Waals surface area contributed by atoms with Crippen LogP contribution >= 0.6 is 0 Å². The van der Waals surface area contributed by atoms with Crippen LogP contribution in [0.25, 0.3) is 0 Å². The molecule has 1 fully saturated rings. The van der Waals surface area contributed by atoms with Crippen LogP contribution in [0.2, 0.25) is 0 Å². The maximum Gasteiger partial charge on any atom is 0.492 e. The Morgan fingerprint density at radius 3 is 1.95 bits per heavy atom. The lowest BCUT2D eigenvalue weighted by atomic mass is 9.60. The Balaban J connectivity index is 2.24. The Labute approximate surface area is 122 Å². The van der Waals surface area contributed by atoms with Crippen LogP contribution in [0, 0.1) is 0 Å². The van der Waals surface area contributed by atoms with Gasteiger partial charge in [-0.05, 0) is 40.2 Å². The summed E-state index contributed by atoms with van der Waals surface area (Å²) in [7, 11) is -0.636. The molecule has 0 amide bonds. The van der Waals surface area contributed by atoms with Gasteiger partial charge in [0, 0.05) is 5.92 Å². The molecule has 1 aromatic carbocycles. The Morgan fingerprint density at radius 2 is 1.50 bits per heavy atom. The predicted octanol–water partition coefficient (Wildman–Crippen LogP) is 3.17. The number of hydrogen-bond acceptors (Lipinski definition) is 3. The number of benzene rings is 1. The topological polar surface area (TPSA) is 38.7 Å². The quantitative estimate of drug-likeness (QED) is 0.862. The van der Waals surface area contributed by atoms with E-state index in [9.17, 15) is 5.11 Å². The predicted molar refractivity (Wildman–Crippen MR) is 81.6 cm³/mol. The van der Waals surface area contributed by atoms with Crippen LogP contribution in [0.5, 0.6) is 0 Å². The number of rotatable bonds is 3. The molecule has 3 nitrogen and oxygen atoms in total. The van der Waals surface area contributed by atoms with E-state index >= 15 is 0 Å². The van der Waals surface area contributed by atoms with E-state index in [4.69, 9.17) is 9.31 Å². The van der Waals surface area contributed by atoms with E-state index in [0.717, 1.165) is 5.56 Å². The second-order valence-corrected chi connectivity index (χ2v) is 6.95. The van der Waals surface area contributed by atoms with Gasteiger partial charge in [0.1, 0.15) is 5.50 Å². The van der Waals surface area contributed by atoms with E-state index in [1.807, 2.05) is 65.0 Å². The molecule has 1 saturated heterocycles. The van der Waals surface area contributed by atoms with Crippen LogP contribution in [-0.2, 0) is 9.31 Å². The molecular formula is C16H25BO3. The van der Waals surface area contributed by atoms with Gasteiger partial charge in [0.15, 0.2) is 0 Å². The van der Waals surface area contributed by atoms with Crippen molar-refractivity contribution in [2.45, 2.75) is 64.2 Å². The van der Waals surface area contributed by atoms with Crippen LogP contribution in [0.15, 0.2) is 30.3 Å². The second kappa shape index (κ2) is 4.87. The molecule has 1 aliphatic heterocycles. The molecule has 1 heterocycles. The Bertz CT molecular complexity index is 452. The van der Waals surface area contributed by atoms with E-state index < -0.39 is 23.8 Å². The molecule has 1 N–H and O–H groups in total. The first-order chi connectivity index (χ1) is 9.08. The van der Waals surface area contributed by atoms with Crippen LogP contribution in [-0.4, -0.2) is 28.9 Å². The van der Waals surface area contributed by atoms with E-state index in [0.29, 0.717) is 0 Å². The van der Waals surface area contributed by atoms with Gasteiger partial charge in [-0.15, -0.1) is 0 Å². The van der Waals surface area contributed by atoms with Crippen molar-refractivity contribution in [1.82, 2.24) is 0 Å². The molecule has 0 aliphatic carbocycles. The highest BCUT2D eigenvalue weighted by molar-refractivity contribution is 6.49. The van der Waals surface area contributed by atoms with Gasteiger partial charge in [0.05, 0.1) is 11.2 Å². The van der Waals surface area contributed by atoms with Gasteiger partial charge < -0.3 is 14.4 Å². The zero-order chi connectivity index (χ0) is 15.2.